The lowest BCUT2D eigenvalue weighted by molar-refractivity contribution is 0.174. The largest absolute Gasteiger partial charge is 0.454 e. The summed E-state index contributed by atoms with van der Waals surface area (Å²) in [7, 11) is 0. The Morgan fingerprint density at radius 1 is 1.20 bits per heavy atom. The quantitative estimate of drug-likeness (QED) is 0.476. The Morgan fingerprint density at radius 2 is 2.05 bits per heavy atom. The van der Waals surface area contributed by atoms with E-state index < -0.39 is 0 Å². The summed E-state index contributed by atoms with van der Waals surface area (Å²) in [6.45, 7) is 6.99. The van der Waals surface area contributed by atoms with Gasteiger partial charge in [0, 0.05) is 13.1 Å². The number of guanidine groups is 1. The van der Waals surface area contributed by atoms with Crippen LogP contribution in [0.15, 0.2) is 23.2 Å². The number of rotatable bonds is 6. The van der Waals surface area contributed by atoms with Gasteiger partial charge in [-0.15, -0.1) is 0 Å². The van der Waals surface area contributed by atoms with Gasteiger partial charge in [0.15, 0.2) is 17.5 Å². The maximum Gasteiger partial charge on any atom is 0.231 e. The third kappa shape index (κ3) is 4.05. The summed E-state index contributed by atoms with van der Waals surface area (Å²) in [5.74, 6) is 2.48. The van der Waals surface area contributed by atoms with Gasteiger partial charge < -0.3 is 20.1 Å². The van der Waals surface area contributed by atoms with Gasteiger partial charge in [-0.3, -0.25) is 0 Å². The Bertz CT molecular complexity index is 460. The summed E-state index contributed by atoms with van der Waals surface area (Å²) in [5.41, 5.74) is 1.11. The zero-order chi connectivity index (χ0) is 14.2. The topological polar surface area (TPSA) is 54.9 Å². The highest BCUT2D eigenvalue weighted by molar-refractivity contribution is 5.79. The SMILES string of the molecule is CCCCNC(=NCc1ccc2c(c1)OCO2)NCC. The van der Waals surface area contributed by atoms with Crippen molar-refractivity contribution in [2.24, 2.45) is 4.99 Å². The normalized spacial score (nSPS) is 13.4. The molecule has 0 bridgehead atoms. The predicted octanol–water partition coefficient (Wildman–Crippen LogP) is 2.27. The minimum atomic E-state index is 0.309. The summed E-state index contributed by atoms with van der Waals surface area (Å²) in [4.78, 5) is 4.58. The monoisotopic (exact) mass is 277 g/mol. The van der Waals surface area contributed by atoms with Crippen LogP contribution in [-0.2, 0) is 6.54 Å². The molecule has 0 saturated heterocycles. The van der Waals surface area contributed by atoms with Crippen molar-refractivity contribution in [1.29, 1.82) is 0 Å². The molecular weight excluding hydrogens is 254 g/mol. The smallest absolute Gasteiger partial charge is 0.231 e. The average Bonchev–Trinajstić information content (AvgIpc) is 2.92. The van der Waals surface area contributed by atoms with Gasteiger partial charge in [-0.25, -0.2) is 4.99 Å². The molecule has 2 N–H and O–H groups in total. The Balaban J connectivity index is 1.93. The Kier molecular flexibility index (Phi) is 5.53. The minimum Gasteiger partial charge on any atom is -0.454 e. The standard InChI is InChI=1S/C15H23N3O2/c1-3-5-8-17-15(16-4-2)18-10-12-6-7-13-14(9-12)20-11-19-13/h6-7,9H,3-5,8,10-11H2,1-2H3,(H2,16,17,18). The number of ether oxygens (including phenoxy) is 2. The summed E-state index contributed by atoms with van der Waals surface area (Å²) >= 11 is 0. The number of aliphatic imine (C=N–C) groups is 1. The predicted molar refractivity (Wildman–Crippen MR) is 80.3 cm³/mol. The van der Waals surface area contributed by atoms with Crippen molar-refractivity contribution < 1.29 is 9.47 Å². The van der Waals surface area contributed by atoms with Crippen LogP contribution in [0, 0.1) is 0 Å². The summed E-state index contributed by atoms with van der Waals surface area (Å²) < 4.78 is 10.7. The van der Waals surface area contributed by atoms with Gasteiger partial charge in [0.25, 0.3) is 0 Å². The van der Waals surface area contributed by atoms with Crippen molar-refractivity contribution in [1.82, 2.24) is 10.6 Å². The van der Waals surface area contributed by atoms with Crippen molar-refractivity contribution in [3.05, 3.63) is 23.8 Å². The molecule has 5 nitrogen and oxygen atoms in total. The molecule has 20 heavy (non-hydrogen) atoms. The van der Waals surface area contributed by atoms with E-state index in [-0.39, 0.29) is 0 Å². The maximum atomic E-state index is 5.37. The van der Waals surface area contributed by atoms with E-state index in [4.69, 9.17) is 9.47 Å². The molecule has 0 radical (unpaired) electrons. The average molecular weight is 277 g/mol. The molecule has 0 aliphatic carbocycles. The third-order valence-corrected chi connectivity index (χ3v) is 3.02. The van der Waals surface area contributed by atoms with Crippen LogP contribution in [0.2, 0.25) is 0 Å². The van der Waals surface area contributed by atoms with E-state index in [1.807, 2.05) is 18.2 Å². The first-order valence-corrected chi connectivity index (χ1v) is 7.24. The van der Waals surface area contributed by atoms with E-state index in [9.17, 15) is 0 Å². The molecule has 0 fully saturated rings. The van der Waals surface area contributed by atoms with Crippen molar-refractivity contribution in [3.8, 4) is 11.5 Å². The van der Waals surface area contributed by atoms with E-state index in [2.05, 4.69) is 29.5 Å². The fourth-order valence-corrected chi connectivity index (χ4v) is 1.93. The Labute approximate surface area is 120 Å². The van der Waals surface area contributed by atoms with Crippen molar-refractivity contribution in [3.63, 3.8) is 0 Å². The summed E-state index contributed by atoms with van der Waals surface area (Å²) in [6, 6.07) is 5.94. The number of benzene rings is 1. The number of fused-ring (bicyclic) bond motifs is 1. The van der Waals surface area contributed by atoms with Crippen molar-refractivity contribution >= 4 is 5.96 Å². The van der Waals surface area contributed by atoms with Crippen LogP contribution >= 0.6 is 0 Å². The minimum absolute atomic E-state index is 0.309. The van der Waals surface area contributed by atoms with Crippen LogP contribution in [0.25, 0.3) is 0 Å². The molecule has 1 heterocycles. The highest BCUT2D eigenvalue weighted by Gasteiger charge is 2.12. The van der Waals surface area contributed by atoms with E-state index in [0.717, 1.165) is 42.5 Å². The molecule has 0 amide bonds. The van der Waals surface area contributed by atoms with Crippen LogP contribution < -0.4 is 20.1 Å². The molecule has 1 aromatic carbocycles. The van der Waals surface area contributed by atoms with Gasteiger partial charge in [0.1, 0.15) is 0 Å². The molecule has 0 spiro atoms. The van der Waals surface area contributed by atoms with Crippen LogP contribution in [0.3, 0.4) is 0 Å². The second-order valence-electron chi connectivity index (χ2n) is 4.66. The lowest BCUT2D eigenvalue weighted by Crippen LogP contribution is -2.37. The van der Waals surface area contributed by atoms with E-state index in [1.165, 1.54) is 6.42 Å². The highest BCUT2D eigenvalue weighted by Crippen LogP contribution is 2.32. The molecule has 1 aromatic rings. The molecule has 2 rings (SSSR count). The van der Waals surface area contributed by atoms with E-state index in [1.54, 1.807) is 0 Å². The molecule has 1 aliphatic rings. The lowest BCUT2D eigenvalue weighted by atomic mass is 10.2. The molecule has 0 saturated carbocycles. The van der Waals surface area contributed by atoms with Crippen LogP contribution in [-0.4, -0.2) is 25.8 Å². The number of unbranched alkanes of at least 4 members (excludes halogenated alkanes) is 1. The Morgan fingerprint density at radius 3 is 2.85 bits per heavy atom. The maximum absolute atomic E-state index is 5.37. The molecule has 1 aliphatic heterocycles. The van der Waals surface area contributed by atoms with Gasteiger partial charge in [-0.2, -0.15) is 0 Å². The van der Waals surface area contributed by atoms with Crippen molar-refractivity contribution in [2.75, 3.05) is 19.9 Å². The third-order valence-electron chi connectivity index (χ3n) is 3.02. The lowest BCUT2D eigenvalue weighted by Gasteiger charge is -2.10. The van der Waals surface area contributed by atoms with Gasteiger partial charge in [-0.05, 0) is 31.0 Å². The van der Waals surface area contributed by atoms with Crippen LogP contribution in [0.1, 0.15) is 32.3 Å². The number of nitrogens with zero attached hydrogens (tertiary/aromatic N) is 1. The molecule has 5 heteroatoms. The van der Waals surface area contributed by atoms with Gasteiger partial charge >= 0.3 is 0 Å². The summed E-state index contributed by atoms with van der Waals surface area (Å²) in [6.07, 6.45) is 2.32. The molecule has 0 aromatic heterocycles. The molecule has 0 atom stereocenters. The zero-order valence-electron chi connectivity index (χ0n) is 12.2. The van der Waals surface area contributed by atoms with E-state index >= 15 is 0 Å². The number of nitrogens with one attached hydrogen (secondary N) is 2. The van der Waals surface area contributed by atoms with Crippen LogP contribution in [0.4, 0.5) is 0 Å². The molecule has 110 valence electrons. The van der Waals surface area contributed by atoms with Crippen LogP contribution in [0.5, 0.6) is 11.5 Å². The Hall–Kier alpha value is -1.91. The second-order valence-corrected chi connectivity index (χ2v) is 4.66. The first kappa shape index (κ1) is 14.5. The first-order valence-electron chi connectivity index (χ1n) is 7.24. The first-order chi connectivity index (χ1) is 9.83. The van der Waals surface area contributed by atoms with E-state index in [0.29, 0.717) is 13.3 Å². The molecular formula is C15H23N3O2. The zero-order valence-corrected chi connectivity index (χ0v) is 12.2. The fraction of sp³-hybridized carbons (Fsp3) is 0.533. The molecule has 0 unspecified atom stereocenters. The fourth-order valence-electron chi connectivity index (χ4n) is 1.93. The highest BCUT2D eigenvalue weighted by atomic mass is 16.7. The van der Waals surface area contributed by atoms with Gasteiger partial charge in [0.05, 0.1) is 6.54 Å². The number of hydrogen-bond acceptors (Lipinski definition) is 3. The second kappa shape index (κ2) is 7.62. The summed E-state index contributed by atoms with van der Waals surface area (Å²) in [5, 5.41) is 6.57. The number of hydrogen-bond donors (Lipinski definition) is 2. The van der Waals surface area contributed by atoms with Gasteiger partial charge in [0.2, 0.25) is 6.79 Å². The van der Waals surface area contributed by atoms with Crippen molar-refractivity contribution in [2.45, 2.75) is 33.2 Å². The van der Waals surface area contributed by atoms with Gasteiger partial charge in [-0.1, -0.05) is 19.4 Å².